The first-order valence-electron chi connectivity index (χ1n) is 7.17. The third-order valence-corrected chi connectivity index (χ3v) is 4.11. The van der Waals surface area contributed by atoms with Gasteiger partial charge in [-0.15, -0.1) is 11.8 Å². The van der Waals surface area contributed by atoms with E-state index in [1.807, 2.05) is 54.8 Å². The summed E-state index contributed by atoms with van der Waals surface area (Å²) in [4.78, 5) is 17.6. The van der Waals surface area contributed by atoms with Gasteiger partial charge in [0.1, 0.15) is 5.69 Å². The molecule has 0 saturated carbocycles. The molecule has 0 aliphatic carbocycles. The lowest BCUT2D eigenvalue weighted by molar-refractivity contribution is 0.0950. The van der Waals surface area contributed by atoms with Gasteiger partial charge in [-0.3, -0.25) is 9.78 Å². The zero-order valence-electron chi connectivity index (χ0n) is 12.7. The minimum Gasteiger partial charge on any atom is -0.463 e. The number of nitrogens with one attached hydrogen (secondary N) is 1. The van der Waals surface area contributed by atoms with Crippen LogP contribution in [-0.4, -0.2) is 17.1 Å². The Hall–Kier alpha value is -2.53. The second-order valence-corrected chi connectivity index (χ2v) is 5.82. The van der Waals surface area contributed by atoms with E-state index < -0.39 is 0 Å². The number of nitrogens with zero attached hydrogens (tertiary/aromatic N) is 1. The summed E-state index contributed by atoms with van der Waals surface area (Å²) in [5.41, 5.74) is 2.38. The largest absolute Gasteiger partial charge is 0.463 e. The fourth-order valence-corrected chi connectivity index (χ4v) is 2.61. The van der Waals surface area contributed by atoms with Crippen LogP contribution in [0, 0.1) is 0 Å². The maximum atomic E-state index is 12.2. The highest BCUT2D eigenvalue weighted by atomic mass is 32.2. The first-order chi connectivity index (χ1) is 11.3. The molecule has 23 heavy (non-hydrogen) atoms. The van der Waals surface area contributed by atoms with E-state index in [0.29, 0.717) is 12.1 Å². The molecule has 2 aromatic heterocycles. The zero-order valence-corrected chi connectivity index (χ0v) is 13.5. The standard InChI is InChI=1S/C18H16N2O2S/c1-23-15-5-2-4-14(10-15)18(21)20-12-13-7-8-16(19-11-13)17-6-3-9-22-17/h2-11H,12H2,1H3,(H,20,21). The Morgan fingerprint density at radius 1 is 1.22 bits per heavy atom. The predicted octanol–water partition coefficient (Wildman–Crippen LogP) is 3.99. The zero-order chi connectivity index (χ0) is 16.1. The summed E-state index contributed by atoms with van der Waals surface area (Å²) in [7, 11) is 0. The number of furan rings is 1. The highest BCUT2D eigenvalue weighted by Crippen LogP contribution is 2.18. The molecular weight excluding hydrogens is 308 g/mol. The number of amides is 1. The molecule has 0 saturated heterocycles. The van der Waals surface area contributed by atoms with Crippen LogP contribution in [-0.2, 0) is 6.54 Å². The van der Waals surface area contributed by atoms with E-state index in [1.165, 1.54) is 0 Å². The number of benzene rings is 1. The van der Waals surface area contributed by atoms with Crippen LogP contribution in [0.15, 0.2) is 70.3 Å². The summed E-state index contributed by atoms with van der Waals surface area (Å²) in [5, 5.41) is 2.91. The Labute approximate surface area is 138 Å². The van der Waals surface area contributed by atoms with E-state index in [-0.39, 0.29) is 5.91 Å². The van der Waals surface area contributed by atoms with Crippen LogP contribution in [0.5, 0.6) is 0 Å². The van der Waals surface area contributed by atoms with E-state index in [9.17, 15) is 4.79 Å². The molecule has 0 unspecified atom stereocenters. The van der Waals surface area contributed by atoms with Crippen LogP contribution < -0.4 is 5.32 Å². The summed E-state index contributed by atoms with van der Waals surface area (Å²) in [6.45, 7) is 0.438. The molecule has 0 bridgehead atoms. The van der Waals surface area contributed by atoms with E-state index in [2.05, 4.69) is 10.3 Å². The molecule has 4 nitrogen and oxygen atoms in total. The number of hydrogen-bond donors (Lipinski definition) is 1. The lowest BCUT2D eigenvalue weighted by Gasteiger charge is -2.06. The Kier molecular flexibility index (Phi) is 4.78. The number of carbonyl (C=O) groups is 1. The summed E-state index contributed by atoms with van der Waals surface area (Å²) < 4.78 is 5.30. The normalized spacial score (nSPS) is 10.5. The SMILES string of the molecule is CSc1cccc(C(=O)NCc2ccc(-c3ccco3)nc2)c1. The molecule has 0 atom stereocenters. The Morgan fingerprint density at radius 3 is 2.83 bits per heavy atom. The molecule has 0 fully saturated rings. The average Bonchev–Trinajstić information content (AvgIpc) is 3.15. The van der Waals surface area contributed by atoms with Gasteiger partial charge in [-0.2, -0.15) is 0 Å². The summed E-state index contributed by atoms with van der Waals surface area (Å²) >= 11 is 1.62. The van der Waals surface area contributed by atoms with Gasteiger partial charge in [0.15, 0.2) is 5.76 Å². The maximum absolute atomic E-state index is 12.2. The van der Waals surface area contributed by atoms with Crippen molar-refractivity contribution in [1.29, 1.82) is 0 Å². The molecule has 0 radical (unpaired) electrons. The van der Waals surface area contributed by atoms with Gasteiger partial charge in [0.25, 0.3) is 5.91 Å². The van der Waals surface area contributed by atoms with Gasteiger partial charge in [0.05, 0.1) is 6.26 Å². The third kappa shape index (κ3) is 3.81. The van der Waals surface area contributed by atoms with E-state index in [1.54, 1.807) is 24.2 Å². The first-order valence-corrected chi connectivity index (χ1v) is 8.40. The lowest BCUT2D eigenvalue weighted by Crippen LogP contribution is -2.22. The van der Waals surface area contributed by atoms with Crippen molar-refractivity contribution < 1.29 is 9.21 Å². The van der Waals surface area contributed by atoms with Crippen LogP contribution in [0.2, 0.25) is 0 Å². The second-order valence-electron chi connectivity index (χ2n) is 4.94. The Morgan fingerprint density at radius 2 is 2.13 bits per heavy atom. The molecule has 116 valence electrons. The molecule has 5 heteroatoms. The first kappa shape index (κ1) is 15.4. The summed E-state index contributed by atoms with van der Waals surface area (Å²) in [6, 6.07) is 15.1. The Balaban J connectivity index is 1.62. The number of pyridine rings is 1. The van der Waals surface area contributed by atoms with Gasteiger partial charge in [0.2, 0.25) is 0 Å². The van der Waals surface area contributed by atoms with Gasteiger partial charge >= 0.3 is 0 Å². The van der Waals surface area contributed by atoms with Crippen molar-refractivity contribution in [2.24, 2.45) is 0 Å². The fraction of sp³-hybridized carbons (Fsp3) is 0.111. The van der Waals surface area contributed by atoms with Crippen molar-refractivity contribution in [2.45, 2.75) is 11.4 Å². The number of carbonyl (C=O) groups excluding carboxylic acids is 1. The van der Waals surface area contributed by atoms with Crippen LogP contribution in [0.3, 0.4) is 0 Å². The summed E-state index contributed by atoms with van der Waals surface area (Å²) in [5.74, 6) is 0.644. The lowest BCUT2D eigenvalue weighted by atomic mass is 10.2. The monoisotopic (exact) mass is 324 g/mol. The Bertz CT molecular complexity index is 783. The average molecular weight is 324 g/mol. The highest BCUT2D eigenvalue weighted by Gasteiger charge is 2.07. The number of rotatable bonds is 5. The van der Waals surface area contributed by atoms with Crippen molar-refractivity contribution in [3.05, 3.63) is 72.1 Å². The third-order valence-electron chi connectivity index (χ3n) is 3.38. The minimum absolute atomic E-state index is 0.0870. The van der Waals surface area contributed by atoms with Crippen molar-refractivity contribution in [2.75, 3.05) is 6.26 Å². The number of aromatic nitrogens is 1. The minimum atomic E-state index is -0.0870. The molecule has 2 heterocycles. The highest BCUT2D eigenvalue weighted by molar-refractivity contribution is 7.98. The van der Waals surface area contributed by atoms with E-state index >= 15 is 0 Å². The molecule has 0 aliphatic heterocycles. The fourth-order valence-electron chi connectivity index (χ4n) is 2.15. The van der Waals surface area contributed by atoms with Crippen molar-refractivity contribution >= 4 is 17.7 Å². The van der Waals surface area contributed by atoms with Gasteiger partial charge in [-0.25, -0.2) is 0 Å². The molecule has 0 spiro atoms. The quantitative estimate of drug-likeness (QED) is 0.721. The molecule has 3 rings (SSSR count). The smallest absolute Gasteiger partial charge is 0.251 e. The number of thioether (sulfide) groups is 1. The topological polar surface area (TPSA) is 55.1 Å². The van der Waals surface area contributed by atoms with Gasteiger partial charge < -0.3 is 9.73 Å². The van der Waals surface area contributed by atoms with Gasteiger partial charge in [-0.1, -0.05) is 12.1 Å². The van der Waals surface area contributed by atoms with Crippen molar-refractivity contribution in [3.63, 3.8) is 0 Å². The van der Waals surface area contributed by atoms with Crippen LogP contribution in [0.1, 0.15) is 15.9 Å². The molecular formula is C18H16N2O2S. The van der Waals surface area contributed by atoms with Gasteiger partial charge in [-0.05, 0) is 48.2 Å². The molecule has 1 N–H and O–H groups in total. The van der Waals surface area contributed by atoms with E-state index in [4.69, 9.17) is 4.42 Å². The van der Waals surface area contributed by atoms with Crippen molar-refractivity contribution in [1.82, 2.24) is 10.3 Å². The van der Waals surface area contributed by atoms with Crippen molar-refractivity contribution in [3.8, 4) is 11.5 Å². The van der Waals surface area contributed by atoms with Crippen LogP contribution in [0.25, 0.3) is 11.5 Å². The molecule has 3 aromatic rings. The maximum Gasteiger partial charge on any atom is 0.251 e. The second kappa shape index (κ2) is 7.15. The molecule has 1 aromatic carbocycles. The molecule has 0 aliphatic rings. The van der Waals surface area contributed by atoms with E-state index in [0.717, 1.165) is 21.9 Å². The number of hydrogen-bond acceptors (Lipinski definition) is 4. The van der Waals surface area contributed by atoms with Gasteiger partial charge in [0, 0.05) is 23.2 Å². The van der Waals surface area contributed by atoms with Crippen LogP contribution >= 0.6 is 11.8 Å². The molecule has 1 amide bonds. The summed E-state index contributed by atoms with van der Waals surface area (Å²) in [6.07, 6.45) is 5.35. The van der Waals surface area contributed by atoms with Crippen LogP contribution in [0.4, 0.5) is 0 Å². The predicted molar refractivity (Wildman–Crippen MR) is 91.3 cm³/mol.